The molecule has 0 bridgehead atoms. The van der Waals surface area contributed by atoms with Gasteiger partial charge in [0.05, 0.1) is 20.1 Å². The van der Waals surface area contributed by atoms with Crippen LogP contribution in [0, 0.1) is 11.3 Å². The number of nitriles is 1. The molecular formula is C33H28N2O7. The van der Waals surface area contributed by atoms with Crippen LogP contribution in [0.1, 0.15) is 22.6 Å². The Hall–Kier alpha value is -5.62. The lowest BCUT2D eigenvalue weighted by Crippen LogP contribution is -2.22. The molecule has 0 aliphatic carbocycles. The third kappa shape index (κ3) is 6.08. The Labute approximate surface area is 243 Å². The molecule has 9 heteroatoms. The number of para-hydroxylation sites is 2. The molecule has 1 heterocycles. The van der Waals surface area contributed by atoms with Gasteiger partial charge in [-0.15, -0.1) is 0 Å². The molecule has 0 aromatic heterocycles. The maximum Gasteiger partial charge on any atom is 0.349 e. The van der Waals surface area contributed by atoms with Crippen LogP contribution in [0.4, 0.5) is 0 Å². The molecule has 42 heavy (non-hydrogen) atoms. The van der Waals surface area contributed by atoms with Crippen LogP contribution in [-0.2, 0) is 11.4 Å². The van der Waals surface area contributed by atoms with E-state index in [0.717, 1.165) is 11.1 Å². The summed E-state index contributed by atoms with van der Waals surface area (Å²) in [5.41, 5.74) is 8.86. The largest absolute Gasteiger partial charge is 0.493 e. The Morgan fingerprint density at radius 2 is 1.57 bits per heavy atom. The van der Waals surface area contributed by atoms with Crippen LogP contribution in [-0.4, -0.2) is 26.8 Å². The van der Waals surface area contributed by atoms with Gasteiger partial charge in [-0.3, -0.25) is 0 Å². The van der Waals surface area contributed by atoms with E-state index in [0.29, 0.717) is 40.9 Å². The highest BCUT2D eigenvalue weighted by Gasteiger charge is 2.32. The average molecular weight is 565 g/mol. The molecule has 1 aliphatic rings. The average Bonchev–Trinajstić information content (AvgIpc) is 3.02. The van der Waals surface area contributed by atoms with Gasteiger partial charge in [0.25, 0.3) is 0 Å². The number of rotatable bonds is 10. The molecule has 5 rings (SSSR count). The Balaban J connectivity index is 1.35. The van der Waals surface area contributed by atoms with E-state index in [1.54, 1.807) is 55.6 Å². The van der Waals surface area contributed by atoms with Crippen molar-refractivity contribution in [3.8, 4) is 40.6 Å². The van der Waals surface area contributed by atoms with Crippen molar-refractivity contribution in [1.29, 1.82) is 5.26 Å². The topological polar surface area (TPSA) is 122 Å². The molecule has 0 spiro atoms. The molecule has 1 atom stereocenters. The second-order valence-corrected chi connectivity index (χ2v) is 9.22. The number of allylic oxidation sites excluding steroid dienone is 1. The van der Waals surface area contributed by atoms with Gasteiger partial charge in [-0.2, -0.15) is 5.26 Å². The first-order valence-corrected chi connectivity index (χ1v) is 13.0. The summed E-state index contributed by atoms with van der Waals surface area (Å²) in [6.45, 7) is 0.0401. The number of fused-ring (bicyclic) bond motifs is 1. The number of nitrogens with two attached hydrogens (primary N) is 1. The monoisotopic (exact) mass is 564 g/mol. The predicted molar refractivity (Wildman–Crippen MR) is 154 cm³/mol. The molecule has 1 unspecified atom stereocenters. The number of ether oxygens (including phenoxy) is 6. The maximum atomic E-state index is 12.5. The Morgan fingerprint density at radius 1 is 0.857 bits per heavy atom. The first kappa shape index (κ1) is 27.9. The van der Waals surface area contributed by atoms with E-state index in [9.17, 15) is 10.1 Å². The Bertz CT molecular complexity index is 1660. The quantitative estimate of drug-likeness (QED) is 0.197. The minimum Gasteiger partial charge on any atom is -0.493 e. The summed E-state index contributed by atoms with van der Waals surface area (Å²) in [6, 6.07) is 29.4. The zero-order chi connectivity index (χ0) is 29.5. The lowest BCUT2D eigenvalue weighted by atomic mass is 9.83. The summed E-state index contributed by atoms with van der Waals surface area (Å²) >= 11 is 0. The minimum absolute atomic E-state index is 0.0404. The Kier molecular flexibility index (Phi) is 8.45. The summed E-state index contributed by atoms with van der Waals surface area (Å²) in [5.74, 6) is 1.37. The van der Waals surface area contributed by atoms with Crippen molar-refractivity contribution in [3.05, 3.63) is 119 Å². The van der Waals surface area contributed by atoms with Gasteiger partial charge in [-0.1, -0.05) is 54.6 Å². The fourth-order valence-electron chi connectivity index (χ4n) is 4.60. The van der Waals surface area contributed by atoms with Crippen LogP contribution in [0.15, 0.2) is 102 Å². The summed E-state index contributed by atoms with van der Waals surface area (Å²) in [4.78, 5) is 12.5. The minimum atomic E-state index is -0.620. The van der Waals surface area contributed by atoms with Gasteiger partial charge in [0.15, 0.2) is 29.6 Å². The number of benzene rings is 4. The lowest BCUT2D eigenvalue weighted by molar-refractivity contribution is -0.136. The van der Waals surface area contributed by atoms with Gasteiger partial charge in [-0.05, 0) is 41.5 Å². The maximum absolute atomic E-state index is 12.5. The van der Waals surface area contributed by atoms with Gasteiger partial charge < -0.3 is 34.2 Å². The van der Waals surface area contributed by atoms with E-state index in [-0.39, 0.29) is 23.8 Å². The number of carbonyl (C=O) groups is 1. The van der Waals surface area contributed by atoms with Crippen molar-refractivity contribution < 1.29 is 33.2 Å². The number of nitrogens with zero attached hydrogens (tertiary/aromatic N) is 1. The van der Waals surface area contributed by atoms with Gasteiger partial charge in [0.2, 0.25) is 5.88 Å². The molecule has 9 nitrogen and oxygen atoms in total. The molecule has 0 amide bonds. The van der Waals surface area contributed by atoms with Gasteiger partial charge >= 0.3 is 5.97 Å². The SMILES string of the molecule is COc1ccccc1OCC(=O)Oc1ccc2c(c1)OC(N)=C(C#N)C2c1ccc(OCc2ccccc2)c(OC)c1. The number of methoxy groups -OCH3 is 2. The number of hydrogen-bond acceptors (Lipinski definition) is 9. The molecule has 4 aromatic carbocycles. The van der Waals surface area contributed by atoms with Crippen molar-refractivity contribution in [2.45, 2.75) is 12.5 Å². The van der Waals surface area contributed by atoms with Crippen molar-refractivity contribution in [2.75, 3.05) is 20.8 Å². The summed E-state index contributed by atoms with van der Waals surface area (Å²) in [6.07, 6.45) is 0. The molecular weight excluding hydrogens is 536 g/mol. The second-order valence-electron chi connectivity index (χ2n) is 9.22. The van der Waals surface area contributed by atoms with Crippen LogP contribution in [0.2, 0.25) is 0 Å². The third-order valence-electron chi connectivity index (χ3n) is 6.59. The van der Waals surface area contributed by atoms with Crippen LogP contribution >= 0.6 is 0 Å². The summed E-state index contributed by atoms with van der Waals surface area (Å²) in [5, 5.41) is 9.96. The molecule has 2 N–H and O–H groups in total. The van der Waals surface area contributed by atoms with E-state index in [1.165, 1.54) is 7.11 Å². The highest BCUT2D eigenvalue weighted by molar-refractivity contribution is 5.74. The zero-order valence-corrected chi connectivity index (χ0v) is 23.0. The molecule has 0 saturated heterocycles. The fourth-order valence-corrected chi connectivity index (χ4v) is 4.60. The second kappa shape index (κ2) is 12.7. The number of esters is 1. The molecule has 0 saturated carbocycles. The van der Waals surface area contributed by atoms with Crippen LogP contribution in [0.3, 0.4) is 0 Å². The highest BCUT2D eigenvalue weighted by atomic mass is 16.6. The van der Waals surface area contributed by atoms with Gasteiger partial charge in [0.1, 0.15) is 29.7 Å². The zero-order valence-electron chi connectivity index (χ0n) is 23.0. The number of hydrogen-bond donors (Lipinski definition) is 1. The number of carbonyl (C=O) groups excluding carboxylic acids is 1. The van der Waals surface area contributed by atoms with Crippen molar-refractivity contribution in [1.82, 2.24) is 0 Å². The van der Waals surface area contributed by atoms with Crippen LogP contribution < -0.4 is 34.2 Å². The fraction of sp³-hybridized carbons (Fsp3) is 0.152. The Morgan fingerprint density at radius 3 is 2.31 bits per heavy atom. The standard InChI is InChI=1S/C33H28N2O7/c1-37-26-10-6-7-11-27(26)40-20-31(36)41-23-13-14-24-29(17-23)42-33(35)25(18-34)32(24)22-12-15-28(30(16-22)38-2)39-19-21-8-4-3-5-9-21/h3-17,32H,19-20,35H2,1-2H3. The van der Waals surface area contributed by atoms with Crippen molar-refractivity contribution in [3.63, 3.8) is 0 Å². The van der Waals surface area contributed by atoms with E-state index in [4.69, 9.17) is 34.2 Å². The normalized spacial score (nSPS) is 13.7. The predicted octanol–water partition coefficient (Wildman–Crippen LogP) is 5.49. The van der Waals surface area contributed by atoms with Crippen molar-refractivity contribution in [2.24, 2.45) is 5.73 Å². The van der Waals surface area contributed by atoms with Crippen LogP contribution in [0.5, 0.6) is 34.5 Å². The van der Waals surface area contributed by atoms with E-state index < -0.39 is 11.9 Å². The summed E-state index contributed by atoms with van der Waals surface area (Å²) in [7, 11) is 3.07. The molecule has 212 valence electrons. The van der Waals surface area contributed by atoms with Gasteiger partial charge in [0, 0.05) is 11.6 Å². The van der Waals surface area contributed by atoms with Crippen LogP contribution in [0.25, 0.3) is 0 Å². The van der Waals surface area contributed by atoms with Crippen molar-refractivity contribution >= 4 is 5.97 Å². The molecule has 0 fully saturated rings. The smallest absolute Gasteiger partial charge is 0.349 e. The van der Waals surface area contributed by atoms with E-state index in [2.05, 4.69) is 6.07 Å². The van der Waals surface area contributed by atoms with Gasteiger partial charge in [-0.25, -0.2) is 4.79 Å². The van der Waals surface area contributed by atoms with E-state index >= 15 is 0 Å². The first-order valence-electron chi connectivity index (χ1n) is 13.0. The molecule has 1 aliphatic heterocycles. The molecule has 4 aromatic rings. The molecule has 0 radical (unpaired) electrons. The third-order valence-corrected chi connectivity index (χ3v) is 6.59. The first-order chi connectivity index (χ1) is 20.5. The van der Waals surface area contributed by atoms with E-state index in [1.807, 2.05) is 42.5 Å². The summed E-state index contributed by atoms with van der Waals surface area (Å²) < 4.78 is 33.7. The highest BCUT2D eigenvalue weighted by Crippen LogP contribution is 2.45. The lowest BCUT2D eigenvalue weighted by Gasteiger charge is -2.27.